The lowest BCUT2D eigenvalue weighted by Crippen LogP contribution is -2.54. The van der Waals surface area contributed by atoms with E-state index < -0.39 is 22.8 Å². The summed E-state index contributed by atoms with van der Waals surface area (Å²) in [5, 5.41) is 11.2. The van der Waals surface area contributed by atoms with Gasteiger partial charge >= 0.3 is 12.2 Å². The van der Waals surface area contributed by atoms with Crippen molar-refractivity contribution >= 4 is 23.3 Å². The van der Waals surface area contributed by atoms with Crippen LogP contribution in [0.2, 0.25) is 5.02 Å². The fourth-order valence-electron chi connectivity index (χ4n) is 3.95. The number of likely N-dealkylation sites (tertiary alicyclic amines) is 1. The summed E-state index contributed by atoms with van der Waals surface area (Å²) in [4.78, 5) is 18.8. The second-order valence-electron chi connectivity index (χ2n) is 7.44. The monoisotopic (exact) mass is 434 g/mol. The van der Waals surface area contributed by atoms with Crippen molar-refractivity contribution in [3.05, 3.63) is 28.8 Å². The number of hydrogen-bond acceptors (Lipinski definition) is 4. The smallest absolute Gasteiger partial charge is 0.395 e. The molecule has 0 saturated carbocycles. The molecular formula is C19H26ClF3N4O2. The van der Waals surface area contributed by atoms with Crippen LogP contribution in [0.5, 0.6) is 0 Å². The first-order valence-corrected chi connectivity index (χ1v) is 10.2. The highest BCUT2D eigenvalue weighted by molar-refractivity contribution is 6.31. The second kappa shape index (κ2) is 9.51. The average Bonchev–Trinajstić information content (AvgIpc) is 2.69. The van der Waals surface area contributed by atoms with Gasteiger partial charge in [-0.1, -0.05) is 11.6 Å². The summed E-state index contributed by atoms with van der Waals surface area (Å²) < 4.78 is 38.9. The van der Waals surface area contributed by atoms with Crippen molar-refractivity contribution in [2.24, 2.45) is 0 Å². The van der Waals surface area contributed by atoms with Gasteiger partial charge in [0.25, 0.3) is 0 Å². The Hall–Kier alpha value is -1.55. The predicted molar refractivity (Wildman–Crippen MR) is 105 cm³/mol. The maximum atomic E-state index is 13.0. The van der Waals surface area contributed by atoms with Gasteiger partial charge in [0.15, 0.2) is 0 Å². The number of rotatable bonds is 4. The summed E-state index contributed by atoms with van der Waals surface area (Å²) in [5.41, 5.74) is -0.884. The van der Waals surface area contributed by atoms with Gasteiger partial charge < -0.3 is 15.3 Å². The molecule has 3 rings (SSSR count). The number of aliphatic hydroxyl groups excluding tert-OH is 1. The van der Waals surface area contributed by atoms with Gasteiger partial charge in [-0.15, -0.1) is 0 Å². The van der Waals surface area contributed by atoms with Crippen molar-refractivity contribution in [1.82, 2.24) is 14.7 Å². The van der Waals surface area contributed by atoms with E-state index in [2.05, 4.69) is 15.1 Å². The Morgan fingerprint density at radius 2 is 1.79 bits per heavy atom. The number of piperazine rings is 1. The number of nitrogens with zero attached hydrogens (tertiary/aromatic N) is 3. The summed E-state index contributed by atoms with van der Waals surface area (Å²) in [5.74, 6) is 0. The molecule has 6 nitrogen and oxygen atoms in total. The molecule has 2 aliphatic heterocycles. The Kier molecular flexibility index (Phi) is 7.26. The quantitative estimate of drug-likeness (QED) is 0.765. The van der Waals surface area contributed by atoms with Crippen LogP contribution in [0.1, 0.15) is 18.4 Å². The van der Waals surface area contributed by atoms with Gasteiger partial charge in [0.1, 0.15) is 0 Å². The van der Waals surface area contributed by atoms with Gasteiger partial charge in [-0.05, 0) is 31.0 Å². The van der Waals surface area contributed by atoms with E-state index in [0.29, 0.717) is 25.7 Å². The minimum Gasteiger partial charge on any atom is -0.395 e. The zero-order valence-corrected chi connectivity index (χ0v) is 16.8. The van der Waals surface area contributed by atoms with Crippen LogP contribution >= 0.6 is 11.6 Å². The molecule has 2 N–H and O–H groups in total. The Morgan fingerprint density at radius 3 is 2.38 bits per heavy atom. The first-order valence-electron chi connectivity index (χ1n) is 9.78. The van der Waals surface area contributed by atoms with Crippen LogP contribution in [0.4, 0.5) is 23.7 Å². The number of hydrogen-bond donors (Lipinski definition) is 2. The number of alkyl halides is 3. The van der Waals surface area contributed by atoms with Crippen molar-refractivity contribution in [1.29, 1.82) is 0 Å². The molecule has 10 heteroatoms. The van der Waals surface area contributed by atoms with Gasteiger partial charge in [-0.25, -0.2) is 4.79 Å². The number of piperidine rings is 1. The van der Waals surface area contributed by atoms with Crippen LogP contribution < -0.4 is 5.32 Å². The molecule has 0 bridgehead atoms. The van der Waals surface area contributed by atoms with Crippen LogP contribution in [0.3, 0.4) is 0 Å². The lowest BCUT2D eigenvalue weighted by atomic mass is 10.0. The molecule has 0 aromatic heterocycles. The van der Waals surface area contributed by atoms with Crippen molar-refractivity contribution < 1.29 is 23.1 Å². The molecule has 162 valence electrons. The van der Waals surface area contributed by atoms with Crippen molar-refractivity contribution in [2.45, 2.75) is 25.1 Å². The Balaban J connectivity index is 1.49. The molecule has 0 unspecified atom stereocenters. The summed E-state index contributed by atoms with van der Waals surface area (Å²) in [6, 6.07) is 3.38. The van der Waals surface area contributed by atoms with Gasteiger partial charge in [0.05, 0.1) is 17.2 Å². The van der Waals surface area contributed by atoms with Crippen LogP contribution in [0.25, 0.3) is 0 Å². The number of amides is 2. The average molecular weight is 435 g/mol. The third-order valence-electron chi connectivity index (χ3n) is 5.61. The number of halogens is 4. The molecule has 2 aliphatic rings. The second-order valence-corrected chi connectivity index (χ2v) is 7.85. The molecule has 1 aromatic rings. The molecule has 2 heterocycles. The highest BCUT2D eigenvalue weighted by Crippen LogP contribution is 2.36. The minimum absolute atomic E-state index is 0.0776. The van der Waals surface area contributed by atoms with E-state index in [-0.39, 0.29) is 12.3 Å². The molecule has 29 heavy (non-hydrogen) atoms. The fourth-order valence-corrected chi connectivity index (χ4v) is 4.18. The SMILES string of the molecule is O=C(Nc1ccc(Cl)c(C(F)(F)F)c1)N1CCC(N2CCN(CCO)CC2)CC1. The number of nitrogens with one attached hydrogen (secondary N) is 1. The van der Waals surface area contributed by atoms with E-state index in [1.807, 2.05) is 0 Å². The number of β-amino-alcohol motifs (C(OH)–C–C–N with tert-alkyl or cyclic N) is 1. The highest BCUT2D eigenvalue weighted by Gasteiger charge is 2.34. The predicted octanol–water partition coefficient (Wildman–Crippen LogP) is 2.97. The maximum absolute atomic E-state index is 13.0. The third kappa shape index (κ3) is 5.75. The molecule has 2 amide bonds. The summed E-state index contributed by atoms with van der Waals surface area (Å²) in [7, 11) is 0. The fraction of sp³-hybridized carbons (Fsp3) is 0.632. The number of anilines is 1. The standard InChI is InChI=1S/C19H26ClF3N4O2/c20-17-2-1-14(13-16(17)19(21,22)23)24-18(29)27-5-3-15(4-6-27)26-9-7-25(8-10-26)11-12-28/h1-2,13,15,28H,3-12H2,(H,24,29). The molecule has 0 aliphatic carbocycles. The van der Waals surface area contributed by atoms with E-state index in [0.717, 1.165) is 51.2 Å². The van der Waals surface area contributed by atoms with Gasteiger partial charge in [-0.3, -0.25) is 9.80 Å². The lowest BCUT2D eigenvalue weighted by Gasteiger charge is -2.42. The topological polar surface area (TPSA) is 59.1 Å². The lowest BCUT2D eigenvalue weighted by molar-refractivity contribution is -0.137. The Bertz CT molecular complexity index is 703. The van der Waals surface area contributed by atoms with Crippen molar-refractivity contribution in [3.8, 4) is 0 Å². The number of urea groups is 1. The van der Waals surface area contributed by atoms with Gasteiger partial charge in [-0.2, -0.15) is 13.2 Å². The Labute approximate surface area is 173 Å². The number of aliphatic hydroxyl groups is 1. The summed E-state index contributed by atoms with van der Waals surface area (Å²) in [6.07, 6.45) is -2.90. The van der Waals surface area contributed by atoms with Gasteiger partial charge in [0, 0.05) is 57.5 Å². The molecule has 0 atom stereocenters. The van der Waals surface area contributed by atoms with E-state index in [9.17, 15) is 18.0 Å². The Morgan fingerprint density at radius 1 is 1.14 bits per heavy atom. The normalized spacial score (nSPS) is 20.1. The van der Waals surface area contributed by atoms with Crippen LogP contribution in [0, 0.1) is 0 Å². The zero-order valence-electron chi connectivity index (χ0n) is 16.1. The summed E-state index contributed by atoms with van der Waals surface area (Å²) in [6.45, 7) is 5.75. The van der Waals surface area contributed by atoms with E-state index in [4.69, 9.17) is 16.7 Å². The molecule has 2 saturated heterocycles. The van der Waals surface area contributed by atoms with Crippen molar-refractivity contribution in [3.63, 3.8) is 0 Å². The third-order valence-corrected chi connectivity index (χ3v) is 5.94. The van der Waals surface area contributed by atoms with E-state index >= 15 is 0 Å². The zero-order chi connectivity index (χ0) is 21.0. The molecular weight excluding hydrogens is 409 g/mol. The van der Waals surface area contributed by atoms with Crippen molar-refractivity contribution in [2.75, 3.05) is 57.7 Å². The number of carbonyl (C=O) groups excluding carboxylic acids is 1. The number of carbonyl (C=O) groups is 1. The minimum atomic E-state index is -4.57. The largest absolute Gasteiger partial charge is 0.417 e. The highest BCUT2D eigenvalue weighted by atomic mass is 35.5. The number of benzene rings is 1. The van der Waals surface area contributed by atoms with E-state index in [1.165, 1.54) is 6.07 Å². The molecule has 0 radical (unpaired) electrons. The first kappa shape index (κ1) is 22.1. The molecule has 2 fully saturated rings. The van der Waals surface area contributed by atoms with Gasteiger partial charge in [0.2, 0.25) is 0 Å². The van der Waals surface area contributed by atoms with Crippen LogP contribution in [-0.4, -0.2) is 84.3 Å². The molecule has 1 aromatic carbocycles. The summed E-state index contributed by atoms with van der Waals surface area (Å²) >= 11 is 5.62. The van der Waals surface area contributed by atoms with Crippen LogP contribution in [0.15, 0.2) is 18.2 Å². The van der Waals surface area contributed by atoms with E-state index in [1.54, 1.807) is 4.90 Å². The molecule has 0 spiro atoms. The maximum Gasteiger partial charge on any atom is 0.417 e. The van der Waals surface area contributed by atoms with Crippen LogP contribution in [-0.2, 0) is 6.18 Å². The first-order chi connectivity index (χ1) is 13.8.